The molecule has 19 heavy (non-hydrogen) atoms. The maximum atomic E-state index is 11.5. The van der Waals surface area contributed by atoms with E-state index in [9.17, 15) is 4.79 Å². The molecule has 1 fully saturated rings. The summed E-state index contributed by atoms with van der Waals surface area (Å²) in [6.07, 6.45) is 10.7. The molecule has 1 aromatic carbocycles. The Labute approximate surface area is 116 Å². The van der Waals surface area contributed by atoms with Gasteiger partial charge in [-0.1, -0.05) is 50.7 Å². The molecule has 1 aliphatic rings. The molecule has 0 aliphatic heterocycles. The molecule has 2 heteroatoms. The Bertz CT molecular complexity index is 405. The van der Waals surface area contributed by atoms with Crippen LogP contribution in [0.5, 0.6) is 0 Å². The van der Waals surface area contributed by atoms with E-state index in [2.05, 4.69) is 6.07 Å². The summed E-state index contributed by atoms with van der Waals surface area (Å²) in [5.74, 6) is 0.701. The smallest absolute Gasteiger partial charge is 0.337 e. The quantitative estimate of drug-likeness (QED) is 0.734. The van der Waals surface area contributed by atoms with Gasteiger partial charge >= 0.3 is 5.97 Å². The summed E-state index contributed by atoms with van der Waals surface area (Å²) in [6.45, 7) is 0. The fraction of sp³-hybridized carbons (Fsp3) is 0.588. The zero-order valence-electron chi connectivity index (χ0n) is 11.9. The van der Waals surface area contributed by atoms with Gasteiger partial charge in [0.05, 0.1) is 12.7 Å². The van der Waals surface area contributed by atoms with Crippen molar-refractivity contribution in [2.45, 2.75) is 51.4 Å². The Hall–Kier alpha value is -1.31. The van der Waals surface area contributed by atoms with Crippen molar-refractivity contribution in [1.29, 1.82) is 0 Å². The largest absolute Gasteiger partial charge is 0.465 e. The zero-order valence-corrected chi connectivity index (χ0v) is 11.9. The lowest BCUT2D eigenvalue weighted by atomic mass is 9.85. The van der Waals surface area contributed by atoms with Gasteiger partial charge in [0.2, 0.25) is 0 Å². The maximum Gasteiger partial charge on any atom is 0.337 e. The second-order valence-electron chi connectivity index (χ2n) is 5.59. The molecule has 0 spiro atoms. The highest BCUT2D eigenvalue weighted by molar-refractivity contribution is 5.89. The van der Waals surface area contributed by atoms with Gasteiger partial charge in [-0.15, -0.1) is 0 Å². The SMILES string of the molecule is COC(=O)c1cccc(CCCC2CCCCC2)c1. The third-order valence-corrected chi connectivity index (χ3v) is 4.15. The van der Waals surface area contributed by atoms with Gasteiger partial charge in [-0.25, -0.2) is 4.79 Å². The third-order valence-electron chi connectivity index (χ3n) is 4.15. The van der Waals surface area contributed by atoms with Crippen LogP contribution in [0.15, 0.2) is 24.3 Å². The molecule has 0 radical (unpaired) electrons. The van der Waals surface area contributed by atoms with Crippen molar-refractivity contribution in [2.24, 2.45) is 5.92 Å². The van der Waals surface area contributed by atoms with Crippen LogP contribution in [0.25, 0.3) is 0 Å². The number of ether oxygens (including phenoxy) is 1. The van der Waals surface area contributed by atoms with Crippen molar-refractivity contribution in [3.05, 3.63) is 35.4 Å². The Kier molecular flexibility index (Phi) is 5.44. The predicted octanol–water partition coefficient (Wildman–Crippen LogP) is 4.38. The minimum atomic E-state index is -0.242. The molecule has 1 aliphatic carbocycles. The van der Waals surface area contributed by atoms with Crippen LogP contribution in [0.3, 0.4) is 0 Å². The van der Waals surface area contributed by atoms with Gasteiger partial charge in [-0.05, 0) is 36.5 Å². The van der Waals surface area contributed by atoms with E-state index in [1.54, 1.807) is 0 Å². The van der Waals surface area contributed by atoms with E-state index >= 15 is 0 Å². The first-order chi connectivity index (χ1) is 9.29. The summed E-state index contributed by atoms with van der Waals surface area (Å²) in [5, 5.41) is 0. The van der Waals surface area contributed by atoms with Gasteiger partial charge < -0.3 is 4.74 Å². The second-order valence-corrected chi connectivity index (χ2v) is 5.59. The average Bonchev–Trinajstić information content (AvgIpc) is 2.48. The van der Waals surface area contributed by atoms with Crippen LogP contribution in [-0.4, -0.2) is 13.1 Å². The van der Waals surface area contributed by atoms with Crippen LogP contribution in [-0.2, 0) is 11.2 Å². The number of esters is 1. The molecule has 0 unspecified atom stereocenters. The topological polar surface area (TPSA) is 26.3 Å². The Balaban J connectivity index is 1.80. The number of methoxy groups -OCH3 is 1. The van der Waals surface area contributed by atoms with E-state index in [0.717, 1.165) is 12.3 Å². The van der Waals surface area contributed by atoms with Gasteiger partial charge in [0.25, 0.3) is 0 Å². The summed E-state index contributed by atoms with van der Waals surface area (Å²) in [5.41, 5.74) is 1.91. The molecule has 1 saturated carbocycles. The van der Waals surface area contributed by atoms with Crippen molar-refractivity contribution in [2.75, 3.05) is 7.11 Å². The van der Waals surface area contributed by atoms with Crippen LogP contribution in [0.1, 0.15) is 60.9 Å². The summed E-state index contributed by atoms with van der Waals surface area (Å²) >= 11 is 0. The zero-order chi connectivity index (χ0) is 13.5. The van der Waals surface area contributed by atoms with Gasteiger partial charge in [0.15, 0.2) is 0 Å². The molecule has 0 aromatic heterocycles. The molecule has 104 valence electrons. The predicted molar refractivity (Wildman–Crippen MR) is 77.3 cm³/mol. The first-order valence-corrected chi connectivity index (χ1v) is 7.47. The normalized spacial score (nSPS) is 16.3. The minimum absolute atomic E-state index is 0.242. The molecule has 0 heterocycles. The summed E-state index contributed by atoms with van der Waals surface area (Å²) in [6, 6.07) is 7.83. The number of carbonyl (C=O) groups excluding carboxylic acids is 1. The highest BCUT2D eigenvalue weighted by Gasteiger charge is 2.13. The molecule has 2 nitrogen and oxygen atoms in total. The van der Waals surface area contributed by atoms with Crippen LogP contribution in [0.2, 0.25) is 0 Å². The molecule has 1 aromatic rings. The molecule has 2 rings (SSSR count). The lowest BCUT2D eigenvalue weighted by Crippen LogP contribution is -2.06. The highest BCUT2D eigenvalue weighted by atomic mass is 16.5. The maximum absolute atomic E-state index is 11.5. The molecular weight excluding hydrogens is 236 g/mol. The molecule has 0 N–H and O–H groups in total. The average molecular weight is 260 g/mol. The standard InChI is InChI=1S/C17H24O2/c1-19-17(18)16-12-6-11-15(13-16)10-5-9-14-7-3-2-4-8-14/h6,11-14H,2-5,7-10H2,1H3. The summed E-state index contributed by atoms with van der Waals surface area (Å²) in [4.78, 5) is 11.5. The lowest BCUT2D eigenvalue weighted by molar-refractivity contribution is 0.0600. The Morgan fingerprint density at radius 1 is 1.26 bits per heavy atom. The van der Waals surface area contributed by atoms with Gasteiger partial charge in [-0.3, -0.25) is 0 Å². The Morgan fingerprint density at radius 3 is 2.79 bits per heavy atom. The van der Waals surface area contributed by atoms with E-state index < -0.39 is 0 Å². The van der Waals surface area contributed by atoms with Crippen LogP contribution in [0.4, 0.5) is 0 Å². The van der Waals surface area contributed by atoms with Crippen molar-refractivity contribution in [3.63, 3.8) is 0 Å². The number of carbonyl (C=O) groups is 1. The molecule has 0 bridgehead atoms. The first kappa shape index (κ1) is 14.1. The van der Waals surface area contributed by atoms with Crippen molar-refractivity contribution in [1.82, 2.24) is 0 Å². The number of rotatable bonds is 5. The van der Waals surface area contributed by atoms with E-state index in [1.165, 1.54) is 57.6 Å². The minimum Gasteiger partial charge on any atom is -0.465 e. The van der Waals surface area contributed by atoms with Crippen LogP contribution >= 0.6 is 0 Å². The lowest BCUT2D eigenvalue weighted by Gasteiger charge is -2.21. The number of hydrogen-bond donors (Lipinski definition) is 0. The monoisotopic (exact) mass is 260 g/mol. The molecule has 0 amide bonds. The number of benzene rings is 1. The first-order valence-electron chi connectivity index (χ1n) is 7.47. The Morgan fingerprint density at radius 2 is 2.05 bits per heavy atom. The fourth-order valence-corrected chi connectivity index (χ4v) is 3.04. The number of hydrogen-bond acceptors (Lipinski definition) is 2. The van der Waals surface area contributed by atoms with Crippen molar-refractivity contribution >= 4 is 5.97 Å². The highest BCUT2D eigenvalue weighted by Crippen LogP contribution is 2.27. The van der Waals surface area contributed by atoms with Crippen molar-refractivity contribution in [3.8, 4) is 0 Å². The van der Waals surface area contributed by atoms with Gasteiger partial charge in [0.1, 0.15) is 0 Å². The second kappa shape index (κ2) is 7.32. The molecule has 0 saturated heterocycles. The van der Waals surface area contributed by atoms with E-state index in [-0.39, 0.29) is 5.97 Å². The van der Waals surface area contributed by atoms with Crippen molar-refractivity contribution < 1.29 is 9.53 Å². The van der Waals surface area contributed by atoms with Gasteiger partial charge in [-0.2, -0.15) is 0 Å². The van der Waals surface area contributed by atoms with Crippen LogP contribution < -0.4 is 0 Å². The third kappa shape index (κ3) is 4.38. The molecular formula is C17H24O2. The summed E-state index contributed by atoms with van der Waals surface area (Å²) < 4.78 is 4.75. The van der Waals surface area contributed by atoms with E-state index in [4.69, 9.17) is 4.74 Å². The fourth-order valence-electron chi connectivity index (χ4n) is 3.04. The van der Waals surface area contributed by atoms with Crippen LogP contribution in [0, 0.1) is 5.92 Å². The summed E-state index contributed by atoms with van der Waals surface area (Å²) in [7, 11) is 1.43. The van der Waals surface area contributed by atoms with E-state index in [0.29, 0.717) is 5.56 Å². The van der Waals surface area contributed by atoms with E-state index in [1.807, 2.05) is 18.2 Å². The van der Waals surface area contributed by atoms with Gasteiger partial charge in [0, 0.05) is 0 Å². The molecule has 0 atom stereocenters. The number of aryl methyl sites for hydroxylation is 1.